The zero-order chi connectivity index (χ0) is 15.9. The molecule has 0 aromatic carbocycles. The second-order valence-corrected chi connectivity index (χ2v) is 8.94. The van der Waals surface area contributed by atoms with E-state index in [1.54, 1.807) is 22.3 Å². The van der Waals surface area contributed by atoms with Crippen LogP contribution < -0.4 is 10.2 Å². The summed E-state index contributed by atoms with van der Waals surface area (Å²) < 4.78 is 0.906. The minimum atomic E-state index is -0.257. The molecule has 0 bridgehead atoms. The number of hydrogen-bond donors (Lipinski definition) is 2. The fourth-order valence-corrected chi connectivity index (χ4v) is 5.01. The Morgan fingerprint density at radius 1 is 1.41 bits per heavy atom. The van der Waals surface area contributed by atoms with Crippen LogP contribution in [0.15, 0.2) is 6.07 Å². The Morgan fingerprint density at radius 3 is 2.82 bits per heavy atom. The summed E-state index contributed by atoms with van der Waals surface area (Å²) in [6.45, 7) is 6.53. The lowest BCUT2D eigenvalue weighted by Gasteiger charge is -2.26. The molecule has 2 aromatic rings. The van der Waals surface area contributed by atoms with Crippen molar-refractivity contribution in [2.45, 2.75) is 32.9 Å². The number of nitrogens with zero attached hydrogens (tertiary/aromatic N) is 1. The van der Waals surface area contributed by atoms with Crippen LogP contribution in [0.4, 0.5) is 5.13 Å². The Balaban J connectivity index is 1.75. The van der Waals surface area contributed by atoms with Crippen molar-refractivity contribution < 1.29 is 9.69 Å². The molecule has 22 heavy (non-hydrogen) atoms. The largest absolute Gasteiger partial charge is 0.328 e. The maximum atomic E-state index is 12.2. The van der Waals surface area contributed by atoms with E-state index in [4.69, 9.17) is 23.2 Å². The van der Waals surface area contributed by atoms with Crippen molar-refractivity contribution in [3.8, 4) is 0 Å². The lowest BCUT2D eigenvalue weighted by molar-refractivity contribution is -0.936. The van der Waals surface area contributed by atoms with E-state index in [0.717, 1.165) is 25.2 Å². The Labute approximate surface area is 147 Å². The quantitative estimate of drug-likeness (QED) is 0.864. The predicted octanol–water partition coefficient (Wildman–Crippen LogP) is 3.11. The van der Waals surface area contributed by atoms with Gasteiger partial charge < -0.3 is 4.90 Å². The standard InChI is InChI=1S/C14H15Cl2N3OS2/c1-7(2)19-4-3-9-10(6-19)21-14(17-9)18-13(20)8-5-11(15)22-12(8)16/h5,7H,3-4,6H2,1-2H3,(H,17,18,20)/p+1. The molecule has 4 nitrogen and oxygen atoms in total. The van der Waals surface area contributed by atoms with E-state index in [1.165, 1.54) is 16.2 Å². The number of rotatable bonds is 3. The highest BCUT2D eigenvalue weighted by atomic mass is 35.5. The first-order valence-electron chi connectivity index (χ1n) is 7.03. The summed E-state index contributed by atoms with van der Waals surface area (Å²) in [6, 6.07) is 2.18. The summed E-state index contributed by atoms with van der Waals surface area (Å²) in [5, 5.41) is 3.47. The van der Waals surface area contributed by atoms with Crippen LogP contribution >= 0.6 is 45.9 Å². The number of aromatic nitrogens is 1. The normalized spacial score (nSPS) is 17.6. The van der Waals surface area contributed by atoms with Crippen molar-refractivity contribution in [1.82, 2.24) is 4.98 Å². The summed E-state index contributed by atoms with van der Waals surface area (Å²) >= 11 is 14.6. The molecule has 0 saturated heterocycles. The van der Waals surface area contributed by atoms with Gasteiger partial charge in [0.2, 0.25) is 0 Å². The maximum absolute atomic E-state index is 12.2. The van der Waals surface area contributed by atoms with Gasteiger partial charge in [-0.3, -0.25) is 10.1 Å². The molecule has 0 saturated carbocycles. The van der Waals surface area contributed by atoms with Gasteiger partial charge in [-0.1, -0.05) is 34.5 Å². The first-order valence-corrected chi connectivity index (χ1v) is 9.42. The second kappa shape index (κ2) is 6.45. The number of thiazole rings is 1. The van der Waals surface area contributed by atoms with Crippen molar-refractivity contribution in [2.24, 2.45) is 0 Å². The van der Waals surface area contributed by atoms with E-state index in [0.29, 0.717) is 25.4 Å². The number of carbonyl (C=O) groups is 1. The van der Waals surface area contributed by atoms with Crippen molar-refractivity contribution in [3.05, 3.63) is 30.9 Å². The van der Waals surface area contributed by atoms with Crippen LogP contribution in [0, 0.1) is 0 Å². The van der Waals surface area contributed by atoms with Gasteiger partial charge in [0.15, 0.2) is 5.13 Å². The summed E-state index contributed by atoms with van der Waals surface area (Å²) in [5.74, 6) is -0.257. The van der Waals surface area contributed by atoms with E-state index in [9.17, 15) is 4.79 Å². The molecule has 1 unspecified atom stereocenters. The third-order valence-electron chi connectivity index (χ3n) is 3.79. The number of anilines is 1. The van der Waals surface area contributed by atoms with Crippen LogP contribution in [0.1, 0.15) is 34.8 Å². The fraction of sp³-hybridized carbons (Fsp3) is 0.429. The molecule has 1 aliphatic heterocycles. The van der Waals surface area contributed by atoms with Gasteiger partial charge in [-0.2, -0.15) is 0 Å². The van der Waals surface area contributed by atoms with Crippen molar-refractivity contribution >= 4 is 56.9 Å². The lowest BCUT2D eigenvalue weighted by atomic mass is 10.1. The van der Waals surface area contributed by atoms with Crippen LogP contribution in [0.25, 0.3) is 0 Å². The molecule has 3 heterocycles. The molecule has 0 aliphatic carbocycles. The maximum Gasteiger partial charge on any atom is 0.259 e. The first-order chi connectivity index (χ1) is 10.4. The molecule has 1 amide bonds. The van der Waals surface area contributed by atoms with Crippen LogP contribution in [0.5, 0.6) is 0 Å². The number of amides is 1. The van der Waals surface area contributed by atoms with Gasteiger partial charge in [-0.15, -0.1) is 11.3 Å². The molecule has 1 aliphatic rings. The molecule has 2 aromatic heterocycles. The Kier molecular flexibility index (Phi) is 4.75. The average Bonchev–Trinajstić information content (AvgIpc) is 2.99. The smallest absolute Gasteiger partial charge is 0.259 e. The Morgan fingerprint density at radius 2 is 2.18 bits per heavy atom. The molecule has 1 atom stereocenters. The number of quaternary nitrogens is 1. The van der Waals surface area contributed by atoms with E-state index in [1.807, 2.05) is 0 Å². The number of nitrogens with one attached hydrogen (secondary N) is 2. The topological polar surface area (TPSA) is 46.4 Å². The average molecular weight is 377 g/mol. The first kappa shape index (κ1) is 16.2. The molecular formula is C14H16Cl2N3OS2+. The van der Waals surface area contributed by atoms with E-state index >= 15 is 0 Å². The number of hydrogen-bond acceptors (Lipinski definition) is 4. The summed E-state index contributed by atoms with van der Waals surface area (Å²) in [7, 11) is 0. The van der Waals surface area contributed by atoms with E-state index in [-0.39, 0.29) is 5.91 Å². The Hall–Kier alpha value is -0.660. The fourth-order valence-electron chi connectivity index (χ4n) is 2.50. The minimum Gasteiger partial charge on any atom is -0.328 e. The van der Waals surface area contributed by atoms with Gasteiger partial charge in [0, 0.05) is 6.42 Å². The van der Waals surface area contributed by atoms with Gasteiger partial charge in [0.05, 0.1) is 33.1 Å². The number of thiophene rings is 1. The third-order valence-corrected chi connectivity index (χ3v) is 6.29. The van der Waals surface area contributed by atoms with Gasteiger partial charge in [-0.05, 0) is 19.9 Å². The number of fused-ring (bicyclic) bond motifs is 1. The zero-order valence-corrected chi connectivity index (χ0v) is 15.3. The lowest BCUT2D eigenvalue weighted by Crippen LogP contribution is -3.14. The highest BCUT2D eigenvalue weighted by molar-refractivity contribution is 7.20. The SMILES string of the molecule is CC(C)[NH+]1CCc2nc(NC(=O)c3cc(Cl)sc3Cl)sc2C1. The highest BCUT2D eigenvalue weighted by Crippen LogP contribution is 2.32. The monoisotopic (exact) mass is 376 g/mol. The summed E-state index contributed by atoms with van der Waals surface area (Å²) in [6.07, 6.45) is 0.959. The van der Waals surface area contributed by atoms with Gasteiger partial charge in [0.25, 0.3) is 5.91 Å². The summed E-state index contributed by atoms with van der Waals surface area (Å²) in [4.78, 5) is 19.6. The zero-order valence-electron chi connectivity index (χ0n) is 12.2. The van der Waals surface area contributed by atoms with Crippen LogP contribution in [-0.4, -0.2) is 23.5 Å². The second-order valence-electron chi connectivity index (χ2n) is 5.57. The van der Waals surface area contributed by atoms with E-state index in [2.05, 4.69) is 24.1 Å². The molecule has 0 fully saturated rings. The van der Waals surface area contributed by atoms with Gasteiger partial charge in [-0.25, -0.2) is 4.98 Å². The molecule has 3 rings (SSSR count). The third kappa shape index (κ3) is 3.31. The van der Waals surface area contributed by atoms with Crippen LogP contribution in [0.3, 0.4) is 0 Å². The minimum absolute atomic E-state index is 0.257. The number of halogens is 2. The summed E-state index contributed by atoms with van der Waals surface area (Å²) in [5.41, 5.74) is 1.51. The molecule has 2 N–H and O–H groups in total. The van der Waals surface area contributed by atoms with Crippen LogP contribution in [-0.2, 0) is 13.0 Å². The molecule has 118 valence electrons. The Bertz CT molecular complexity index is 711. The van der Waals surface area contributed by atoms with Gasteiger partial charge in [0.1, 0.15) is 10.9 Å². The molecule has 0 radical (unpaired) electrons. The molecule has 0 spiro atoms. The molecular weight excluding hydrogens is 361 g/mol. The van der Waals surface area contributed by atoms with Crippen molar-refractivity contribution in [2.75, 3.05) is 11.9 Å². The van der Waals surface area contributed by atoms with Gasteiger partial charge >= 0.3 is 0 Å². The number of carbonyl (C=O) groups excluding carboxylic acids is 1. The molecule has 8 heteroatoms. The van der Waals surface area contributed by atoms with Crippen LogP contribution in [0.2, 0.25) is 8.67 Å². The van der Waals surface area contributed by atoms with E-state index < -0.39 is 0 Å². The predicted molar refractivity (Wildman–Crippen MR) is 92.8 cm³/mol. The van der Waals surface area contributed by atoms with Crippen molar-refractivity contribution in [1.29, 1.82) is 0 Å². The highest BCUT2D eigenvalue weighted by Gasteiger charge is 2.26. The van der Waals surface area contributed by atoms with Crippen molar-refractivity contribution in [3.63, 3.8) is 0 Å².